The van der Waals surface area contributed by atoms with Crippen LogP contribution in [0.1, 0.15) is 26.4 Å². The summed E-state index contributed by atoms with van der Waals surface area (Å²) in [7, 11) is -2.73. The number of aromatic nitrogens is 1. The van der Waals surface area contributed by atoms with E-state index in [0.717, 1.165) is 10.0 Å². The minimum absolute atomic E-state index is 0.0127. The molecule has 5 aromatic rings. The van der Waals surface area contributed by atoms with E-state index in [1.54, 1.807) is 30.3 Å². The molecule has 5 rings (SSSR count). The van der Waals surface area contributed by atoms with Crippen molar-refractivity contribution >= 4 is 54.4 Å². The third kappa shape index (κ3) is 5.69. The fourth-order valence-corrected chi connectivity index (χ4v) is 6.05. The van der Waals surface area contributed by atoms with Gasteiger partial charge in [0.05, 0.1) is 24.1 Å². The average Bonchev–Trinajstić information content (AvgIpc) is 2.99. The fourth-order valence-electron chi connectivity index (χ4n) is 4.63. The van der Waals surface area contributed by atoms with E-state index in [-0.39, 0.29) is 33.9 Å². The number of methoxy groups -OCH3 is 1. The van der Waals surface area contributed by atoms with Crippen molar-refractivity contribution in [3.05, 3.63) is 129 Å². The number of benzene rings is 4. The van der Waals surface area contributed by atoms with E-state index in [1.807, 2.05) is 30.3 Å². The average molecular weight is 648 g/mol. The number of anilines is 1. The molecule has 0 saturated heterocycles. The summed E-state index contributed by atoms with van der Waals surface area (Å²) in [4.78, 5) is 37.9. The number of nitrogens with zero attached hydrogens (tertiary/aromatic N) is 1. The molecule has 0 radical (unpaired) electrons. The van der Waals surface area contributed by atoms with Gasteiger partial charge in [-0.1, -0.05) is 58.4 Å². The molecule has 42 heavy (non-hydrogen) atoms. The summed E-state index contributed by atoms with van der Waals surface area (Å²) >= 11 is 3.47. The van der Waals surface area contributed by atoms with E-state index in [1.165, 1.54) is 48.1 Å². The molecule has 2 N–H and O–H groups in total. The van der Waals surface area contributed by atoms with Crippen LogP contribution in [0.2, 0.25) is 0 Å². The number of nitrogens with one attached hydrogen (secondary N) is 1. The lowest BCUT2D eigenvalue weighted by Gasteiger charge is -2.19. The summed E-state index contributed by atoms with van der Waals surface area (Å²) < 4.78 is 35.3. The Morgan fingerprint density at radius 1 is 0.905 bits per heavy atom. The number of hydrogen-bond donors (Lipinski definition) is 2. The smallest absolute Gasteiger partial charge is 0.355 e. The zero-order chi connectivity index (χ0) is 30.0. The van der Waals surface area contributed by atoms with Crippen LogP contribution in [0.25, 0.3) is 21.9 Å². The third-order valence-corrected chi connectivity index (χ3v) is 8.52. The molecule has 1 aromatic heterocycles. The minimum atomic E-state index is -3.98. The first-order valence-corrected chi connectivity index (χ1v) is 14.8. The van der Waals surface area contributed by atoms with Gasteiger partial charge in [-0.05, 0) is 71.1 Å². The van der Waals surface area contributed by atoms with Gasteiger partial charge in [0.15, 0.2) is 0 Å². The van der Waals surface area contributed by atoms with Crippen LogP contribution in [0, 0.1) is 0 Å². The van der Waals surface area contributed by atoms with Gasteiger partial charge in [0, 0.05) is 21.1 Å². The highest BCUT2D eigenvalue weighted by Crippen LogP contribution is 2.33. The Hall–Kier alpha value is -4.74. The SMILES string of the molecule is COC(=O)c1c(-c2ccccc2)c2cc(Br)ccc2c(=O)n1Cc1ccc(NS(=O)(=O)c2ccc(C(=O)O)cc2)cc1. The van der Waals surface area contributed by atoms with Gasteiger partial charge in [-0.25, -0.2) is 18.0 Å². The summed E-state index contributed by atoms with van der Waals surface area (Å²) in [6, 6.07) is 25.7. The quantitative estimate of drug-likeness (QED) is 0.205. The first-order valence-electron chi connectivity index (χ1n) is 12.5. The Morgan fingerprint density at radius 3 is 2.19 bits per heavy atom. The van der Waals surface area contributed by atoms with Gasteiger partial charge in [0.1, 0.15) is 5.69 Å². The van der Waals surface area contributed by atoms with Crippen molar-refractivity contribution in [2.24, 2.45) is 0 Å². The second kappa shape index (κ2) is 11.6. The van der Waals surface area contributed by atoms with Gasteiger partial charge in [0.2, 0.25) is 0 Å². The van der Waals surface area contributed by atoms with Gasteiger partial charge in [-0.15, -0.1) is 0 Å². The predicted molar refractivity (Wildman–Crippen MR) is 162 cm³/mol. The molecule has 0 atom stereocenters. The number of pyridine rings is 1. The maximum Gasteiger partial charge on any atom is 0.355 e. The fraction of sp³-hybridized carbons (Fsp3) is 0.0645. The molecule has 0 spiro atoms. The van der Waals surface area contributed by atoms with Gasteiger partial charge >= 0.3 is 11.9 Å². The highest BCUT2D eigenvalue weighted by atomic mass is 79.9. The molecule has 0 amide bonds. The molecule has 11 heteroatoms. The summed E-state index contributed by atoms with van der Waals surface area (Å²) in [5.41, 5.74) is 1.85. The van der Waals surface area contributed by atoms with Crippen molar-refractivity contribution in [3.63, 3.8) is 0 Å². The van der Waals surface area contributed by atoms with E-state index in [0.29, 0.717) is 21.9 Å². The molecule has 0 unspecified atom stereocenters. The zero-order valence-corrected chi connectivity index (χ0v) is 24.5. The van der Waals surface area contributed by atoms with Crippen molar-refractivity contribution in [3.8, 4) is 11.1 Å². The largest absolute Gasteiger partial charge is 0.478 e. The first-order chi connectivity index (χ1) is 20.1. The van der Waals surface area contributed by atoms with E-state index >= 15 is 0 Å². The minimum Gasteiger partial charge on any atom is -0.478 e. The Labute approximate surface area is 249 Å². The van der Waals surface area contributed by atoms with E-state index in [2.05, 4.69) is 20.7 Å². The van der Waals surface area contributed by atoms with E-state index in [4.69, 9.17) is 9.84 Å². The molecule has 0 aliphatic carbocycles. The van der Waals surface area contributed by atoms with Crippen LogP contribution in [0.5, 0.6) is 0 Å². The lowest BCUT2D eigenvalue weighted by molar-refractivity contribution is 0.0588. The van der Waals surface area contributed by atoms with Crippen LogP contribution >= 0.6 is 15.9 Å². The highest BCUT2D eigenvalue weighted by Gasteiger charge is 2.24. The van der Waals surface area contributed by atoms with Crippen LogP contribution in [-0.2, 0) is 21.3 Å². The number of fused-ring (bicyclic) bond motifs is 1. The van der Waals surface area contributed by atoms with Crippen LogP contribution < -0.4 is 10.3 Å². The molecule has 0 aliphatic heterocycles. The van der Waals surface area contributed by atoms with Gasteiger partial charge in [-0.2, -0.15) is 0 Å². The first kappa shape index (κ1) is 28.8. The van der Waals surface area contributed by atoms with E-state index < -0.39 is 22.0 Å². The number of carbonyl (C=O) groups excluding carboxylic acids is 1. The van der Waals surface area contributed by atoms with Crippen molar-refractivity contribution in [2.45, 2.75) is 11.4 Å². The van der Waals surface area contributed by atoms with Crippen molar-refractivity contribution in [1.82, 2.24) is 4.57 Å². The summed E-state index contributed by atoms with van der Waals surface area (Å²) in [5.74, 6) is -1.83. The predicted octanol–water partition coefficient (Wildman–Crippen LogP) is 5.76. The Balaban J connectivity index is 1.54. The third-order valence-electron chi connectivity index (χ3n) is 6.63. The molecule has 212 valence electrons. The zero-order valence-electron chi connectivity index (χ0n) is 22.1. The number of ether oxygens (including phenoxy) is 1. The van der Waals surface area contributed by atoms with Crippen LogP contribution in [0.15, 0.2) is 111 Å². The number of carbonyl (C=O) groups is 2. The maximum atomic E-state index is 13.8. The van der Waals surface area contributed by atoms with Crippen LogP contribution in [0.4, 0.5) is 5.69 Å². The summed E-state index contributed by atoms with van der Waals surface area (Å²) in [5, 5.41) is 10.1. The number of rotatable bonds is 8. The van der Waals surface area contributed by atoms with Gasteiger partial charge < -0.3 is 9.84 Å². The molecular formula is C31H23BrN2O7S. The Morgan fingerprint density at radius 2 is 1.57 bits per heavy atom. The number of aromatic carboxylic acids is 1. The molecule has 0 bridgehead atoms. The van der Waals surface area contributed by atoms with Crippen molar-refractivity contribution in [1.29, 1.82) is 0 Å². The normalized spacial score (nSPS) is 11.3. The summed E-state index contributed by atoms with van der Waals surface area (Å²) in [6.07, 6.45) is 0. The Kier molecular flexibility index (Phi) is 7.97. The van der Waals surface area contributed by atoms with Crippen molar-refractivity contribution in [2.75, 3.05) is 11.8 Å². The van der Waals surface area contributed by atoms with Crippen LogP contribution in [-0.4, -0.2) is 37.1 Å². The molecule has 0 saturated carbocycles. The molecular weight excluding hydrogens is 624 g/mol. The number of hydrogen-bond acceptors (Lipinski definition) is 6. The second-order valence-corrected chi connectivity index (χ2v) is 11.9. The topological polar surface area (TPSA) is 132 Å². The number of carboxylic acids is 1. The number of carboxylic acid groups (broad SMARTS) is 1. The monoisotopic (exact) mass is 646 g/mol. The number of halogens is 1. The highest BCUT2D eigenvalue weighted by molar-refractivity contribution is 9.10. The van der Waals surface area contributed by atoms with Gasteiger partial charge in [0.25, 0.3) is 15.6 Å². The molecule has 0 fully saturated rings. The number of esters is 1. The lowest BCUT2D eigenvalue weighted by atomic mass is 9.96. The van der Waals surface area contributed by atoms with Crippen molar-refractivity contribution < 1.29 is 27.9 Å². The second-order valence-electron chi connectivity index (χ2n) is 9.29. The maximum absolute atomic E-state index is 13.8. The summed E-state index contributed by atoms with van der Waals surface area (Å²) in [6.45, 7) is 0.0127. The standard InChI is InChI=1S/C31H23BrN2O7S/c1-41-31(38)28-27(20-5-3-2-4-6-20)26-17-22(32)11-16-25(26)29(35)34(28)18-19-7-12-23(13-8-19)33-42(39,40)24-14-9-21(10-15-24)30(36)37/h2-17,33H,18H2,1H3,(H,36,37). The molecule has 0 aliphatic rings. The number of sulfonamides is 1. The molecule has 1 heterocycles. The van der Waals surface area contributed by atoms with E-state index in [9.17, 15) is 22.8 Å². The lowest BCUT2D eigenvalue weighted by Crippen LogP contribution is -2.28. The van der Waals surface area contributed by atoms with Crippen LogP contribution in [0.3, 0.4) is 0 Å². The van der Waals surface area contributed by atoms with Gasteiger partial charge in [-0.3, -0.25) is 14.1 Å². The molecule has 9 nitrogen and oxygen atoms in total. The molecule has 4 aromatic carbocycles. The Bertz CT molecular complexity index is 1990.